The summed E-state index contributed by atoms with van der Waals surface area (Å²) in [6, 6.07) is 7.40. The molecule has 4 nitrogen and oxygen atoms in total. The third-order valence-electron chi connectivity index (χ3n) is 3.70. The number of hydrogen-bond donors (Lipinski definition) is 2. The Morgan fingerprint density at radius 1 is 1.11 bits per heavy atom. The number of carbonyl (C=O) groups is 2. The summed E-state index contributed by atoms with van der Waals surface area (Å²) in [5.74, 6) is 0.138. The highest BCUT2D eigenvalue weighted by molar-refractivity contribution is 6.00. The number of rotatable bonds is 1. The molecule has 1 atom stereocenters. The Labute approximate surface area is 111 Å². The van der Waals surface area contributed by atoms with Gasteiger partial charge in [0.05, 0.1) is 6.04 Å². The molecule has 1 aliphatic heterocycles. The summed E-state index contributed by atoms with van der Waals surface area (Å²) < 4.78 is 0. The van der Waals surface area contributed by atoms with Crippen LogP contribution in [0, 0.1) is 6.92 Å². The Morgan fingerprint density at radius 2 is 1.84 bits per heavy atom. The first-order valence-electron chi connectivity index (χ1n) is 6.55. The van der Waals surface area contributed by atoms with E-state index in [1.54, 1.807) is 0 Å². The standard InChI is InChI=1S/C15H16N2O2/c1-9-5-7-10(8-6-9)14-13-11(16-15(19)17-14)3-2-4-12(13)18/h5-8,14H,2-4H2,1H3,(H2,16,17,19)/t14-/m1/s1. The maximum absolute atomic E-state index is 12.1. The number of aryl methyl sites for hydroxylation is 1. The fourth-order valence-corrected chi connectivity index (χ4v) is 2.71. The second kappa shape index (κ2) is 4.53. The quantitative estimate of drug-likeness (QED) is 0.810. The van der Waals surface area contributed by atoms with Gasteiger partial charge in [-0.2, -0.15) is 0 Å². The van der Waals surface area contributed by atoms with Gasteiger partial charge in [-0.1, -0.05) is 29.8 Å². The van der Waals surface area contributed by atoms with E-state index < -0.39 is 0 Å². The van der Waals surface area contributed by atoms with Crippen molar-refractivity contribution in [2.75, 3.05) is 0 Å². The lowest BCUT2D eigenvalue weighted by atomic mass is 9.85. The van der Waals surface area contributed by atoms with E-state index in [0.717, 1.165) is 35.2 Å². The topological polar surface area (TPSA) is 58.2 Å². The van der Waals surface area contributed by atoms with Crippen LogP contribution in [0.4, 0.5) is 4.79 Å². The maximum Gasteiger partial charge on any atom is 0.319 e. The summed E-state index contributed by atoms with van der Waals surface area (Å²) in [4.78, 5) is 23.8. The molecule has 2 amide bonds. The molecular weight excluding hydrogens is 240 g/mol. The van der Waals surface area contributed by atoms with Gasteiger partial charge < -0.3 is 10.6 Å². The third kappa shape index (κ3) is 2.14. The maximum atomic E-state index is 12.1. The number of urea groups is 1. The molecule has 0 fully saturated rings. The van der Waals surface area contributed by atoms with Crippen molar-refractivity contribution in [1.82, 2.24) is 10.6 Å². The molecule has 1 aromatic carbocycles. The minimum atomic E-state index is -0.308. The highest BCUT2D eigenvalue weighted by Gasteiger charge is 2.34. The number of benzene rings is 1. The average molecular weight is 256 g/mol. The van der Waals surface area contributed by atoms with Gasteiger partial charge in [-0.05, 0) is 25.3 Å². The molecule has 2 N–H and O–H groups in total. The molecule has 3 rings (SSSR count). The molecule has 98 valence electrons. The normalized spacial score (nSPS) is 22.7. The highest BCUT2D eigenvalue weighted by atomic mass is 16.2. The molecule has 0 saturated heterocycles. The predicted molar refractivity (Wildman–Crippen MR) is 71.5 cm³/mol. The van der Waals surface area contributed by atoms with Crippen molar-refractivity contribution in [1.29, 1.82) is 0 Å². The molecule has 0 saturated carbocycles. The van der Waals surface area contributed by atoms with Crippen molar-refractivity contribution in [2.45, 2.75) is 32.2 Å². The highest BCUT2D eigenvalue weighted by Crippen LogP contribution is 2.33. The van der Waals surface area contributed by atoms with E-state index in [9.17, 15) is 9.59 Å². The van der Waals surface area contributed by atoms with Gasteiger partial charge in [0.1, 0.15) is 0 Å². The second-order valence-electron chi connectivity index (χ2n) is 5.11. The Bertz CT molecular complexity index is 572. The van der Waals surface area contributed by atoms with Gasteiger partial charge in [-0.15, -0.1) is 0 Å². The first-order chi connectivity index (χ1) is 9.15. The van der Waals surface area contributed by atoms with Crippen molar-refractivity contribution in [3.05, 3.63) is 46.7 Å². The van der Waals surface area contributed by atoms with Crippen LogP contribution in [0.15, 0.2) is 35.5 Å². The molecular formula is C15H16N2O2. The van der Waals surface area contributed by atoms with E-state index >= 15 is 0 Å². The van der Waals surface area contributed by atoms with Crippen molar-refractivity contribution >= 4 is 11.8 Å². The minimum Gasteiger partial charge on any atom is -0.327 e. The van der Waals surface area contributed by atoms with E-state index in [4.69, 9.17) is 0 Å². The number of Topliss-reactive ketones (excluding diaryl/α,β-unsaturated/α-hetero) is 1. The van der Waals surface area contributed by atoms with Crippen molar-refractivity contribution in [3.63, 3.8) is 0 Å². The monoisotopic (exact) mass is 256 g/mol. The van der Waals surface area contributed by atoms with Gasteiger partial charge in [0, 0.05) is 17.7 Å². The zero-order valence-corrected chi connectivity index (χ0v) is 10.8. The molecule has 0 unspecified atom stereocenters. The Kier molecular flexibility index (Phi) is 2.85. The van der Waals surface area contributed by atoms with Crippen LogP contribution in [-0.2, 0) is 4.79 Å². The van der Waals surface area contributed by atoms with Gasteiger partial charge >= 0.3 is 6.03 Å². The molecule has 1 aliphatic carbocycles. The van der Waals surface area contributed by atoms with Crippen LogP contribution in [0.1, 0.15) is 36.4 Å². The van der Waals surface area contributed by atoms with E-state index in [1.807, 2.05) is 31.2 Å². The molecule has 0 radical (unpaired) electrons. The molecule has 1 aromatic rings. The number of amides is 2. The first-order valence-corrected chi connectivity index (χ1v) is 6.55. The number of carbonyl (C=O) groups excluding carboxylic acids is 2. The van der Waals surface area contributed by atoms with Crippen LogP contribution >= 0.6 is 0 Å². The Morgan fingerprint density at radius 3 is 2.58 bits per heavy atom. The van der Waals surface area contributed by atoms with Gasteiger partial charge in [-0.25, -0.2) is 4.79 Å². The first kappa shape index (κ1) is 12.0. The summed E-state index contributed by atoms with van der Waals surface area (Å²) in [5, 5.41) is 5.62. The zero-order chi connectivity index (χ0) is 13.4. The van der Waals surface area contributed by atoms with Crippen molar-refractivity contribution < 1.29 is 9.59 Å². The second-order valence-corrected chi connectivity index (χ2v) is 5.11. The van der Waals surface area contributed by atoms with E-state index in [2.05, 4.69) is 10.6 Å². The zero-order valence-electron chi connectivity index (χ0n) is 10.8. The van der Waals surface area contributed by atoms with E-state index in [0.29, 0.717) is 6.42 Å². The molecule has 1 heterocycles. The lowest BCUT2D eigenvalue weighted by Crippen LogP contribution is -2.46. The van der Waals surface area contributed by atoms with Crippen LogP contribution in [-0.4, -0.2) is 11.8 Å². The molecule has 0 spiro atoms. The van der Waals surface area contributed by atoms with Crippen LogP contribution in [0.2, 0.25) is 0 Å². The number of nitrogens with one attached hydrogen (secondary N) is 2. The van der Waals surface area contributed by atoms with Gasteiger partial charge in [0.2, 0.25) is 0 Å². The van der Waals surface area contributed by atoms with Gasteiger partial charge in [0.25, 0.3) is 0 Å². The van der Waals surface area contributed by atoms with Crippen molar-refractivity contribution in [2.24, 2.45) is 0 Å². The summed E-state index contributed by atoms with van der Waals surface area (Å²) in [6.07, 6.45) is 2.16. The lowest BCUT2D eigenvalue weighted by molar-refractivity contribution is -0.116. The minimum absolute atomic E-state index is 0.138. The number of ketones is 1. The molecule has 2 aliphatic rings. The SMILES string of the molecule is Cc1ccc([C@H]2NC(=O)NC3=C2C(=O)CCC3)cc1. The molecule has 0 aromatic heterocycles. The fourth-order valence-electron chi connectivity index (χ4n) is 2.71. The van der Waals surface area contributed by atoms with E-state index in [1.165, 1.54) is 0 Å². The number of allylic oxidation sites excluding steroid dienone is 1. The van der Waals surface area contributed by atoms with Gasteiger partial charge in [0.15, 0.2) is 5.78 Å². The largest absolute Gasteiger partial charge is 0.327 e. The van der Waals surface area contributed by atoms with E-state index in [-0.39, 0.29) is 17.9 Å². The molecule has 4 heteroatoms. The summed E-state index contributed by atoms with van der Waals surface area (Å²) in [7, 11) is 0. The third-order valence-corrected chi connectivity index (χ3v) is 3.70. The lowest BCUT2D eigenvalue weighted by Gasteiger charge is -2.32. The predicted octanol–water partition coefficient (Wildman–Crippen LogP) is 2.36. The fraction of sp³-hybridized carbons (Fsp3) is 0.333. The average Bonchev–Trinajstić information content (AvgIpc) is 2.38. The Balaban J connectivity index is 2.05. The van der Waals surface area contributed by atoms with Crippen LogP contribution in [0.25, 0.3) is 0 Å². The molecule has 0 bridgehead atoms. The summed E-state index contributed by atoms with van der Waals surface area (Å²) in [5.41, 5.74) is 3.65. The number of hydrogen-bond acceptors (Lipinski definition) is 2. The smallest absolute Gasteiger partial charge is 0.319 e. The van der Waals surface area contributed by atoms with Crippen LogP contribution < -0.4 is 10.6 Å². The van der Waals surface area contributed by atoms with Crippen molar-refractivity contribution in [3.8, 4) is 0 Å². The van der Waals surface area contributed by atoms with Crippen LogP contribution in [0.5, 0.6) is 0 Å². The molecule has 19 heavy (non-hydrogen) atoms. The van der Waals surface area contributed by atoms with Gasteiger partial charge in [-0.3, -0.25) is 4.79 Å². The summed E-state index contributed by atoms with van der Waals surface area (Å²) >= 11 is 0. The summed E-state index contributed by atoms with van der Waals surface area (Å²) in [6.45, 7) is 2.02. The van der Waals surface area contributed by atoms with Crippen LogP contribution in [0.3, 0.4) is 0 Å². The Hall–Kier alpha value is -2.10.